The van der Waals surface area contributed by atoms with Gasteiger partial charge in [0.2, 0.25) is 0 Å². The van der Waals surface area contributed by atoms with Crippen molar-refractivity contribution in [3.63, 3.8) is 0 Å². The molecule has 2 amide bonds. The van der Waals surface area contributed by atoms with Gasteiger partial charge in [0.05, 0.1) is 14.2 Å². The van der Waals surface area contributed by atoms with Gasteiger partial charge >= 0.3 is 6.03 Å². The second-order valence-corrected chi connectivity index (χ2v) is 5.65. The summed E-state index contributed by atoms with van der Waals surface area (Å²) in [7, 11) is 7.16. The number of hydrogen-bond acceptors (Lipinski definition) is 4. The molecule has 1 aromatic rings. The second-order valence-electron chi connectivity index (χ2n) is 5.65. The minimum Gasteiger partial charge on any atom is -0.497 e. The van der Waals surface area contributed by atoms with Crippen LogP contribution >= 0.6 is 0 Å². The zero-order valence-electron chi connectivity index (χ0n) is 13.8. The third-order valence-corrected chi connectivity index (χ3v) is 4.16. The summed E-state index contributed by atoms with van der Waals surface area (Å²) in [6.45, 7) is 2.39. The number of nitrogens with zero attached hydrogens (tertiary/aromatic N) is 2. The lowest BCUT2D eigenvalue weighted by Gasteiger charge is -2.25. The van der Waals surface area contributed by atoms with Crippen molar-refractivity contribution in [3.05, 3.63) is 23.8 Å². The fourth-order valence-corrected chi connectivity index (χ4v) is 2.69. The normalized spacial score (nSPS) is 18.1. The highest BCUT2D eigenvalue weighted by molar-refractivity contribution is 5.74. The van der Waals surface area contributed by atoms with E-state index in [4.69, 9.17) is 9.47 Å². The monoisotopic (exact) mass is 307 g/mol. The summed E-state index contributed by atoms with van der Waals surface area (Å²) in [5, 5.41) is 2.95. The van der Waals surface area contributed by atoms with Gasteiger partial charge in [0, 0.05) is 37.8 Å². The molecule has 0 spiro atoms. The van der Waals surface area contributed by atoms with E-state index in [-0.39, 0.29) is 12.1 Å². The molecule has 6 nitrogen and oxygen atoms in total. The third-order valence-electron chi connectivity index (χ3n) is 4.16. The number of hydrogen-bond donors (Lipinski definition) is 1. The van der Waals surface area contributed by atoms with E-state index in [0.717, 1.165) is 30.8 Å². The van der Waals surface area contributed by atoms with Crippen molar-refractivity contribution in [2.75, 3.05) is 41.4 Å². The van der Waals surface area contributed by atoms with Crippen molar-refractivity contribution in [1.82, 2.24) is 15.1 Å². The predicted molar refractivity (Wildman–Crippen MR) is 85.4 cm³/mol. The van der Waals surface area contributed by atoms with E-state index in [1.54, 1.807) is 19.1 Å². The number of benzene rings is 1. The van der Waals surface area contributed by atoms with E-state index in [0.29, 0.717) is 12.3 Å². The smallest absolute Gasteiger partial charge is 0.317 e. The first-order valence-electron chi connectivity index (χ1n) is 7.45. The Morgan fingerprint density at radius 2 is 2.18 bits per heavy atom. The molecule has 1 atom stereocenters. The lowest BCUT2D eigenvalue weighted by molar-refractivity contribution is 0.190. The van der Waals surface area contributed by atoms with Gasteiger partial charge in [0.1, 0.15) is 11.5 Å². The van der Waals surface area contributed by atoms with Gasteiger partial charge in [-0.1, -0.05) is 0 Å². The van der Waals surface area contributed by atoms with Crippen LogP contribution in [0, 0.1) is 0 Å². The highest BCUT2D eigenvalue weighted by Crippen LogP contribution is 2.24. The molecule has 0 radical (unpaired) electrons. The molecule has 1 aliphatic heterocycles. The van der Waals surface area contributed by atoms with E-state index in [1.807, 2.05) is 25.2 Å². The highest BCUT2D eigenvalue weighted by Gasteiger charge is 2.26. The van der Waals surface area contributed by atoms with Gasteiger partial charge in [-0.2, -0.15) is 0 Å². The molecule has 1 aromatic carbocycles. The van der Waals surface area contributed by atoms with Gasteiger partial charge in [0.25, 0.3) is 0 Å². The number of methoxy groups -OCH3 is 2. The lowest BCUT2D eigenvalue weighted by atomic mass is 10.2. The second kappa shape index (κ2) is 7.35. The van der Waals surface area contributed by atoms with Crippen LogP contribution in [-0.4, -0.2) is 63.3 Å². The molecule has 1 saturated heterocycles. The summed E-state index contributed by atoms with van der Waals surface area (Å²) in [5.74, 6) is 1.45. The minimum absolute atomic E-state index is 0.0572. The molecular weight excluding hydrogens is 282 g/mol. The van der Waals surface area contributed by atoms with Crippen LogP contribution < -0.4 is 14.8 Å². The third kappa shape index (κ3) is 3.82. The molecule has 2 rings (SSSR count). The Morgan fingerprint density at radius 1 is 1.41 bits per heavy atom. The lowest BCUT2D eigenvalue weighted by Crippen LogP contribution is -2.44. The summed E-state index contributed by atoms with van der Waals surface area (Å²) in [6, 6.07) is 5.80. The van der Waals surface area contributed by atoms with E-state index in [9.17, 15) is 4.79 Å². The van der Waals surface area contributed by atoms with Gasteiger partial charge in [-0.3, -0.25) is 0 Å². The van der Waals surface area contributed by atoms with Crippen LogP contribution in [0.15, 0.2) is 18.2 Å². The van der Waals surface area contributed by atoms with Crippen molar-refractivity contribution in [3.8, 4) is 11.5 Å². The summed E-state index contributed by atoms with van der Waals surface area (Å²) >= 11 is 0. The molecule has 122 valence electrons. The van der Waals surface area contributed by atoms with E-state index >= 15 is 0 Å². The molecule has 1 heterocycles. The quantitative estimate of drug-likeness (QED) is 0.897. The van der Waals surface area contributed by atoms with Gasteiger partial charge in [0.15, 0.2) is 0 Å². The number of carbonyl (C=O) groups excluding carboxylic acids is 1. The maximum absolute atomic E-state index is 12.3. The molecule has 0 bridgehead atoms. The van der Waals surface area contributed by atoms with E-state index < -0.39 is 0 Å². The summed E-state index contributed by atoms with van der Waals surface area (Å²) < 4.78 is 10.5. The first kappa shape index (κ1) is 16.4. The van der Waals surface area contributed by atoms with E-state index in [2.05, 4.69) is 17.3 Å². The van der Waals surface area contributed by atoms with Crippen molar-refractivity contribution >= 4 is 6.03 Å². The Labute approximate surface area is 132 Å². The minimum atomic E-state index is -0.0572. The Bertz CT molecular complexity index is 521. The summed E-state index contributed by atoms with van der Waals surface area (Å²) in [5.41, 5.74) is 0.925. The molecule has 0 unspecified atom stereocenters. The Hall–Kier alpha value is -1.95. The molecule has 6 heteroatoms. The number of urea groups is 1. The molecule has 1 aliphatic rings. The van der Waals surface area contributed by atoms with Gasteiger partial charge in [-0.25, -0.2) is 4.79 Å². The van der Waals surface area contributed by atoms with Gasteiger partial charge < -0.3 is 24.6 Å². The number of likely N-dealkylation sites (N-methyl/N-ethyl adjacent to an activating group) is 2. The molecule has 0 aliphatic carbocycles. The van der Waals surface area contributed by atoms with Crippen LogP contribution in [0.5, 0.6) is 11.5 Å². The Balaban J connectivity index is 1.93. The molecule has 22 heavy (non-hydrogen) atoms. The van der Waals surface area contributed by atoms with Crippen LogP contribution in [-0.2, 0) is 6.54 Å². The summed E-state index contributed by atoms with van der Waals surface area (Å²) in [4.78, 5) is 16.3. The fourth-order valence-electron chi connectivity index (χ4n) is 2.69. The van der Waals surface area contributed by atoms with Crippen molar-refractivity contribution in [1.29, 1.82) is 0 Å². The number of likely N-dealkylation sites (tertiary alicyclic amines) is 1. The fraction of sp³-hybridized carbons (Fsp3) is 0.562. The average Bonchev–Trinajstić information content (AvgIpc) is 2.98. The summed E-state index contributed by atoms with van der Waals surface area (Å²) in [6.07, 6.45) is 1.02. The van der Waals surface area contributed by atoms with Crippen molar-refractivity contribution < 1.29 is 14.3 Å². The molecule has 0 saturated carbocycles. The van der Waals surface area contributed by atoms with Gasteiger partial charge in [-0.15, -0.1) is 0 Å². The number of rotatable bonds is 5. The zero-order chi connectivity index (χ0) is 16.1. The Morgan fingerprint density at radius 3 is 2.77 bits per heavy atom. The average molecular weight is 307 g/mol. The van der Waals surface area contributed by atoms with Gasteiger partial charge in [-0.05, 0) is 32.1 Å². The predicted octanol–water partition coefficient (Wildman–Crippen LogP) is 1.55. The maximum atomic E-state index is 12.3. The molecule has 0 aromatic heterocycles. The SMILES string of the molecule is COc1ccc(CNC(=O)N(C)[C@@H]2CCN(C)C2)c(OC)c1. The first-order chi connectivity index (χ1) is 10.5. The van der Waals surface area contributed by atoms with Crippen LogP contribution in [0.2, 0.25) is 0 Å². The van der Waals surface area contributed by atoms with E-state index in [1.165, 1.54) is 0 Å². The number of nitrogens with one attached hydrogen (secondary N) is 1. The number of amides is 2. The molecule has 1 N–H and O–H groups in total. The van der Waals surface area contributed by atoms with Crippen LogP contribution in [0.4, 0.5) is 4.79 Å². The molecular formula is C16H25N3O3. The van der Waals surface area contributed by atoms with Crippen LogP contribution in [0.1, 0.15) is 12.0 Å². The molecule has 1 fully saturated rings. The number of carbonyl (C=O) groups is 1. The highest BCUT2D eigenvalue weighted by atomic mass is 16.5. The number of ether oxygens (including phenoxy) is 2. The van der Waals surface area contributed by atoms with Crippen LogP contribution in [0.3, 0.4) is 0 Å². The maximum Gasteiger partial charge on any atom is 0.317 e. The largest absolute Gasteiger partial charge is 0.497 e. The van der Waals surface area contributed by atoms with Crippen molar-refractivity contribution in [2.24, 2.45) is 0 Å². The topological polar surface area (TPSA) is 54.0 Å². The van der Waals surface area contributed by atoms with Crippen molar-refractivity contribution in [2.45, 2.75) is 19.0 Å². The van der Waals surface area contributed by atoms with Crippen LogP contribution in [0.25, 0.3) is 0 Å². The first-order valence-corrected chi connectivity index (χ1v) is 7.45. The standard InChI is InChI=1S/C16H25N3O3/c1-18-8-7-13(11-18)19(2)16(20)17-10-12-5-6-14(21-3)9-15(12)22-4/h5-6,9,13H,7-8,10-11H2,1-4H3,(H,17,20)/t13-/m1/s1. The zero-order valence-corrected chi connectivity index (χ0v) is 13.8. The Kier molecular flexibility index (Phi) is 5.49.